The molecule has 0 aliphatic carbocycles. The molecule has 1 aromatic rings. The molecule has 118 valence electrons. The number of hydrogen-bond donors (Lipinski definition) is 1. The summed E-state index contributed by atoms with van der Waals surface area (Å²) >= 11 is 0. The maximum absolute atomic E-state index is 12.7. The highest BCUT2D eigenvalue weighted by Crippen LogP contribution is 2.20. The first-order valence-electron chi connectivity index (χ1n) is 7.40. The van der Waals surface area contributed by atoms with Crippen LogP contribution in [0.4, 0.5) is 0 Å². The highest BCUT2D eigenvalue weighted by molar-refractivity contribution is 5.94. The van der Waals surface area contributed by atoms with E-state index in [0.717, 1.165) is 18.5 Å². The number of nitrogens with zero attached hydrogens (tertiary/aromatic N) is 3. The topological polar surface area (TPSA) is 75.4 Å². The Kier molecular flexibility index (Phi) is 5.93. The maximum Gasteiger partial charge on any atom is 0.323 e. The molecule has 1 aromatic heterocycles. The van der Waals surface area contributed by atoms with Crippen LogP contribution in [0.2, 0.25) is 0 Å². The first-order chi connectivity index (χ1) is 9.81. The van der Waals surface area contributed by atoms with E-state index in [1.54, 1.807) is 10.7 Å². The lowest BCUT2D eigenvalue weighted by molar-refractivity contribution is -0.138. The van der Waals surface area contributed by atoms with Crippen LogP contribution >= 0.6 is 0 Å². The minimum absolute atomic E-state index is 0.150. The summed E-state index contributed by atoms with van der Waals surface area (Å²) in [6, 6.07) is 1.70. The van der Waals surface area contributed by atoms with Crippen molar-refractivity contribution in [1.29, 1.82) is 0 Å². The van der Waals surface area contributed by atoms with Gasteiger partial charge in [0.2, 0.25) is 0 Å². The summed E-state index contributed by atoms with van der Waals surface area (Å²) in [5, 5.41) is 13.4. The third-order valence-corrected chi connectivity index (χ3v) is 3.56. The smallest absolute Gasteiger partial charge is 0.323 e. The van der Waals surface area contributed by atoms with Crippen molar-refractivity contribution in [2.75, 3.05) is 6.54 Å². The van der Waals surface area contributed by atoms with E-state index in [1.165, 1.54) is 4.90 Å². The van der Waals surface area contributed by atoms with Gasteiger partial charge in [0, 0.05) is 6.04 Å². The lowest BCUT2D eigenvalue weighted by atomic mass is 10.1. The van der Waals surface area contributed by atoms with Crippen molar-refractivity contribution in [3.63, 3.8) is 0 Å². The standard InChI is InChI=1S/C15H25N3O3/c1-6-12(7-2)18-13(8-11(5)16-18)15(21)17(10(3)4)9-14(19)20/h8,10,12H,6-7,9H2,1-5H3,(H,19,20). The van der Waals surface area contributed by atoms with Crippen molar-refractivity contribution in [1.82, 2.24) is 14.7 Å². The first kappa shape index (κ1) is 17.2. The lowest BCUT2D eigenvalue weighted by Gasteiger charge is -2.26. The summed E-state index contributed by atoms with van der Waals surface area (Å²) in [6.45, 7) is 9.26. The van der Waals surface area contributed by atoms with Gasteiger partial charge in [0.25, 0.3) is 5.91 Å². The number of carboxylic acids is 1. The zero-order valence-corrected chi connectivity index (χ0v) is 13.5. The Morgan fingerprint density at radius 2 is 1.90 bits per heavy atom. The molecule has 6 heteroatoms. The average molecular weight is 295 g/mol. The van der Waals surface area contributed by atoms with Crippen LogP contribution in [0.3, 0.4) is 0 Å². The molecule has 1 heterocycles. The number of carboxylic acid groups (broad SMARTS) is 1. The van der Waals surface area contributed by atoms with Gasteiger partial charge in [0.15, 0.2) is 0 Å². The van der Waals surface area contributed by atoms with Crippen LogP contribution in [0.5, 0.6) is 0 Å². The molecule has 0 unspecified atom stereocenters. The summed E-state index contributed by atoms with van der Waals surface area (Å²) in [4.78, 5) is 25.0. The fourth-order valence-corrected chi connectivity index (χ4v) is 2.37. The minimum atomic E-state index is -1.01. The van der Waals surface area contributed by atoms with E-state index >= 15 is 0 Å². The van der Waals surface area contributed by atoms with Gasteiger partial charge >= 0.3 is 5.97 Å². The van der Waals surface area contributed by atoms with Crippen molar-refractivity contribution in [2.45, 2.75) is 59.5 Å². The fraction of sp³-hybridized carbons (Fsp3) is 0.667. The predicted octanol–water partition coefficient (Wildman–Crippen LogP) is 2.49. The van der Waals surface area contributed by atoms with Gasteiger partial charge in [-0.25, -0.2) is 0 Å². The number of aryl methyl sites for hydroxylation is 1. The van der Waals surface area contributed by atoms with Crippen molar-refractivity contribution in [3.05, 3.63) is 17.5 Å². The zero-order valence-electron chi connectivity index (χ0n) is 13.5. The molecular formula is C15H25N3O3. The normalized spacial score (nSPS) is 11.2. The highest BCUT2D eigenvalue weighted by Gasteiger charge is 2.26. The van der Waals surface area contributed by atoms with Crippen molar-refractivity contribution < 1.29 is 14.7 Å². The van der Waals surface area contributed by atoms with E-state index in [4.69, 9.17) is 5.11 Å². The van der Waals surface area contributed by atoms with E-state index in [9.17, 15) is 9.59 Å². The Morgan fingerprint density at radius 1 is 1.33 bits per heavy atom. The molecule has 0 aliphatic heterocycles. The molecule has 0 fully saturated rings. The Hall–Kier alpha value is -1.85. The van der Waals surface area contributed by atoms with Crippen LogP contribution in [0, 0.1) is 6.92 Å². The highest BCUT2D eigenvalue weighted by atomic mass is 16.4. The largest absolute Gasteiger partial charge is 0.480 e. The van der Waals surface area contributed by atoms with Gasteiger partial charge in [0.1, 0.15) is 12.2 Å². The summed E-state index contributed by atoms with van der Waals surface area (Å²) in [5.74, 6) is -1.29. The van der Waals surface area contributed by atoms with Gasteiger partial charge in [-0.1, -0.05) is 13.8 Å². The van der Waals surface area contributed by atoms with Crippen LogP contribution in [-0.4, -0.2) is 44.3 Å². The second-order valence-electron chi connectivity index (χ2n) is 5.51. The van der Waals surface area contributed by atoms with Gasteiger partial charge in [-0.2, -0.15) is 5.10 Å². The molecule has 0 saturated carbocycles. The molecule has 0 aromatic carbocycles. The van der Waals surface area contributed by atoms with Crippen LogP contribution in [0.1, 0.15) is 62.8 Å². The van der Waals surface area contributed by atoms with Crippen LogP contribution in [0.15, 0.2) is 6.07 Å². The second kappa shape index (κ2) is 7.24. The summed E-state index contributed by atoms with van der Waals surface area (Å²) in [6.07, 6.45) is 1.75. The van der Waals surface area contributed by atoms with Crippen molar-refractivity contribution >= 4 is 11.9 Å². The van der Waals surface area contributed by atoms with Crippen LogP contribution in [-0.2, 0) is 4.79 Å². The van der Waals surface area contributed by atoms with Crippen molar-refractivity contribution in [3.8, 4) is 0 Å². The molecule has 0 aliphatic rings. The molecule has 0 radical (unpaired) electrons. The molecule has 21 heavy (non-hydrogen) atoms. The summed E-state index contributed by atoms with van der Waals surface area (Å²) < 4.78 is 1.74. The zero-order chi connectivity index (χ0) is 16.2. The van der Waals surface area contributed by atoms with Gasteiger partial charge in [-0.3, -0.25) is 14.3 Å². The number of amides is 1. The van der Waals surface area contributed by atoms with E-state index in [-0.39, 0.29) is 24.5 Å². The molecule has 0 atom stereocenters. The van der Waals surface area contributed by atoms with Gasteiger partial charge in [-0.05, 0) is 39.7 Å². The second-order valence-corrected chi connectivity index (χ2v) is 5.51. The molecule has 0 bridgehead atoms. The predicted molar refractivity (Wildman–Crippen MR) is 80.4 cm³/mol. The third kappa shape index (κ3) is 4.06. The molecule has 1 rings (SSSR count). The Morgan fingerprint density at radius 3 is 2.33 bits per heavy atom. The minimum Gasteiger partial charge on any atom is -0.480 e. The Balaban J connectivity index is 3.18. The van der Waals surface area contributed by atoms with E-state index in [2.05, 4.69) is 18.9 Å². The van der Waals surface area contributed by atoms with Crippen molar-refractivity contribution in [2.24, 2.45) is 0 Å². The monoisotopic (exact) mass is 295 g/mol. The Labute approximate surface area is 125 Å². The van der Waals surface area contributed by atoms with Gasteiger partial charge in [0.05, 0.1) is 11.7 Å². The fourth-order valence-electron chi connectivity index (χ4n) is 2.37. The average Bonchev–Trinajstić information content (AvgIpc) is 2.78. The molecular weight excluding hydrogens is 270 g/mol. The van der Waals surface area contributed by atoms with E-state index in [1.807, 2.05) is 20.8 Å². The van der Waals surface area contributed by atoms with Gasteiger partial charge in [-0.15, -0.1) is 0 Å². The first-order valence-corrected chi connectivity index (χ1v) is 7.40. The van der Waals surface area contributed by atoms with E-state index < -0.39 is 5.97 Å². The van der Waals surface area contributed by atoms with Crippen LogP contribution < -0.4 is 0 Å². The summed E-state index contributed by atoms with van der Waals surface area (Å²) in [7, 11) is 0. The molecule has 0 saturated heterocycles. The number of carbonyl (C=O) groups excluding carboxylic acids is 1. The Bertz CT molecular complexity index is 504. The molecule has 1 N–H and O–H groups in total. The van der Waals surface area contributed by atoms with E-state index in [0.29, 0.717) is 5.69 Å². The molecule has 6 nitrogen and oxygen atoms in total. The molecule has 0 spiro atoms. The maximum atomic E-state index is 12.7. The quantitative estimate of drug-likeness (QED) is 0.838. The van der Waals surface area contributed by atoms with Crippen LogP contribution in [0.25, 0.3) is 0 Å². The molecule has 1 amide bonds. The summed E-state index contributed by atoms with van der Waals surface area (Å²) in [5.41, 5.74) is 1.24. The number of hydrogen-bond acceptors (Lipinski definition) is 3. The third-order valence-electron chi connectivity index (χ3n) is 3.56. The van der Waals surface area contributed by atoms with Gasteiger partial charge < -0.3 is 10.0 Å². The number of carbonyl (C=O) groups is 2. The SMILES string of the molecule is CCC(CC)n1nc(C)cc1C(=O)N(CC(=O)O)C(C)C. The number of rotatable bonds is 7. The lowest BCUT2D eigenvalue weighted by Crippen LogP contribution is -2.41. The number of aromatic nitrogens is 2. The number of aliphatic carboxylic acids is 1.